The summed E-state index contributed by atoms with van der Waals surface area (Å²) in [7, 11) is 0. The molecule has 0 fully saturated rings. The normalized spacial score (nSPS) is 14.6. The van der Waals surface area contributed by atoms with Gasteiger partial charge in [-0.3, -0.25) is 9.13 Å². The summed E-state index contributed by atoms with van der Waals surface area (Å²) in [5.41, 5.74) is 28.4. The molecular formula is C88H67N21+12. The molecule has 0 saturated carbocycles. The predicted octanol–water partition coefficient (Wildman–Crippen LogP) is 6.19. The van der Waals surface area contributed by atoms with Crippen LogP contribution < -0.4 is 55.0 Å². The van der Waals surface area contributed by atoms with Crippen molar-refractivity contribution in [1.29, 1.82) is 0 Å². The standard InChI is InChI=1S/C22H15N3.2C16H11N3.C15H12N4.C10H10N4.C9H8N4/c1-2-6-14(7-3-1)21-23-12-15-8-4-10-17-18-11-5-9-16-13-24(21)25(20(16)18)22(23)19(15)17;1-3-10-7-17-9-18-8-11-4-2-6-13-12(5-1)14(10)16(17)19(18)15(11)13;1-2-10-8-17-5-4-11-9-18-6-7-19-12(3-1)13(10)15(17)14(11)16(18)19;1-2-5-11(6-3-1)14-16-12-9-17-7-4-8-18-10-19(14)13(12)15(17)18;1-7-11-8-5-12-3-2-4-13-6-14(7)9(8)10(12)13;1-2-11-5-7-4-10-13-6-12(3-1)9(11)8(7)13/h1-11H,12-13H2;1-6,9H,7-8H2;1-7H,8-9H2;1-8H,9-10H2;2-4H,5-6H2,1H3;1-4H,5-6H2/q6*+2. The fraction of sp³-hybridized carbons (Fsp3) is 0.148. The zero-order valence-corrected chi connectivity index (χ0v) is 59.5. The molecular weight excluding hydrogens is 1350 g/mol. The maximum atomic E-state index is 4.85. The quantitative estimate of drug-likeness (QED) is 0.152. The second-order valence-corrected chi connectivity index (χ2v) is 31.0. The first-order chi connectivity index (χ1) is 53.9. The minimum atomic E-state index is 0.864. The summed E-state index contributed by atoms with van der Waals surface area (Å²) in [4.78, 5) is 9.43. The van der Waals surface area contributed by atoms with Crippen LogP contribution in [0.25, 0.3) is 139 Å². The van der Waals surface area contributed by atoms with Crippen LogP contribution in [0.2, 0.25) is 0 Å². The minimum Gasteiger partial charge on any atom is -0.259 e. The monoisotopic (exact) mass is 1420 g/mol. The van der Waals surface area contributed by atoms with Crippen LogP contribution in [0.5, 0.6) is 0 Å². The van der Waals surface area contributed by atoms with E-state index in [1.54, 1.807) is 0 Å². The van der Waals surface area contributed by atoms with Gasteiger partial charge in [0, 0.05) is 64.5 Å². The van der Waals surface area contributed by atoms with E-state index < -0.39 is 0 Å². The van der Waals surface area contributed by atoms with Crippen molar-refractivity contribution >= 4 is 82.1 Å². The fourth-order valence-electron chi connectivity index (χ4n) is 21.0. The van der Waals surface area contributed by atoms with Crippen molar-refractivity contribution in [2.75, 3.05) is 0 Å². The Hall–Kier alpha value is -14.0. The van der Waals surface area contributed by atoms with Gasteiger partial charge in [-0.1, -0.05) is 109 Å². The first kappa shape index (κ1) is 57.4. The summed E-state index contributed by atoms with van der Waals surface area (Å²) in [6.07, 6.45) is 23.6. The highest BCUT2D eigenvalue weighted by atomic mass is 15.5. The summed E-state index contributed by atoms with van der Waals surface area (Å²) in [6, 6.07) is 63.4. The minimum absolute atomic E-state index is 0.864. The van der Waals surface area contributed by atoms with Crippen LogP contribution in [0.3, 0.4) is 0 Å². The number of hydrogen-bond acceptors (Lipinski definition) is 3. The van der Waals surface area contributed by atoms with Crippen molar-refractivity contribution in [2.24, 2.45) is 0 Å². The summed E-state index contributed by atoms with van der Waals surface area (Å²) >= 11 is 0. The molecule has 0 unspecified atom stereocenters. The molecule has 512 valence electrons. The van der Waals surface area contributed by atoms with E-state index in [1.165, 1.54) is 184 Å². The Morgan fingerprint density at radius 3 is 1.68 bits per heavy atom. The number of para-hydroxylation sites is 2. The Labute approximate surface area is 619 Å². The Kier molecular flexibility index (Phi) is 10.7. The molecule has 0 N–H and O–H groups in total. The maximum Gasteiger partial charge on any atom is 0.472 e. The summed E-state index contributed by atoms with van der Waals surface area (Å²) < 4.78 is 42.0. The van der Waals surface area contributed by atoms with Crippen molar-refractivity contribution in [1.82, 2.24) is 42.3 Å². The van der Waals surface area contributed by atoms with Crippen molar-refractivity contribution in [3.63, 3.8) is 0 Å². The lowest BCUT2D eigenvalue weighted by atomic mass is 10.0. The Balaban J connectivity index is 0.0000000725. The molecule has 0 amide bonds. The van der Waals surface area contributed by atoms with Gasteiger partial charge in [-0.15, -0.1) is 36.5 Å². The molecule has 21 heteroatoms. The van der Waals surface area contributed by atoms with Crippen molar-refractivity contribution in [3.05, 3.63) is 300 Å². The zero-order valence-electron chi connectivity index (χ0n) is 59.5. The van der Waals surface area contributed by atoms with Gasteiger partial charge in [0.05, 0.1) is 46.6 Å². The van der Waals surface area contributed by atoms with E-state index in [0.29, 0.717) is 0 Å². The highest BCUT2D eigenvalue weighted by Gasteiger charge is 2.51. The number of aromatic nitrogens is 21. The zero-order chi connectivity index (χ0) is 70.5. The predicted molar refractivity (Wildman–Crippen MR) is 396 cm³/mol. The second-order valence-electron chi connectivity index (χ2n) is 31.0. The lowest BCUT2D eigenvalue weighted by Gasteiger charge is -2.00. The van der Waals surface area contributed by atoms with Gasteiger partial charge >= 0.3 is 46.6 Å². The van der Waals surface area contributed by atoms with E-state index in [0.717, 1.165) is 90.6 Å². The van der Waals surface area contributed by atoms with E-state index in [4.69, 9.17) is 4.98 Å². The van der Waals surface area contributed by atoms with Gasteiger partial charge < -0.3 is 0 Å². The Morgan fingerprint density at radius 2 is 0.927 bits per heavy atom. The number of nitrogens with zero attached hydrogens (tertiary/aromatic N) is 21. The molecule has 13 aromatic heterocycles. The largest absolute Gasteiger partial charge is 0.472 e. The topological polar surface area (TPSA) is 113 Å². The number of pyridine rings is 4. The van der Waals surface area contributed by atoms with Gasteiger partial charge in [0.15, 0.2) is 82.6 Å². The third kappa shape index (κ3) is 7.36. The average Bonchev–Trinajstić information content (AvgIpc) is 1.51. The number of aryl methyl sites for hydroxylation is 1. The molecule has 0 spiro atoms. The second kappa shape index (κ2) is 20.3. The van der Waals surface area contributed by atoms with Crippen LogP contribution in [0.1, 0.15) is 56.2 Å². The van der Waals surface area contributed by atoms with E-state index in [2.05, 4.69) is 331 Å². The SMILES string of the molecule is Cc1nc2c3n1C[n+]1ccc[n+](c1-3)C2.c1c[n+]2c3[n+](c1)Cn1ncc(c1-3)C2.c1cc2c3c(c1)c1cccc4c1n1c3[n+](c[n+]1C4)C2.c1cc2c3c(c1)n1cc[n+]4c1c1c(cc[n+](c31)C2)C4.c1ccc(-c2[n+]3c4c5c(cccc5c5cccc6c5n4[n+]2C6)C3)cc1.c1ccc(-c2nc3c4n2C[n+]2ccc[n+](c2-4)C3)cc1. The van der Waals surface area contributed by atoms with E-state index >= 15 is 0 Å². The third-order valence-electron chi connectivity index (χ3n) is 25.2. The summed E-state index contributed by atoms with van der Waals surface area (Å²) in [5, 5.41) is 15.6. The highest BCUT2D eigenvalue weighted by molar-refractivity contribution is 6.15. The molecule has 25 heterocycles. The number of hydrogen-bond donors (Lipinski definition) is 0. The smallest absolute Gasteiger partial charge is 0.259 e. The average molecular weight is 1420 g/mol. The lowest BCUT2D eigenvalue weighted by molar-refractivity contribution is -0.806. The van der Waals surface area contributed by atoms with E-state index in [-0.39, 0.29) is 0 Å². The molecule has 0 aliphatic carbocycles. The van der Waals surface area contributed by atoms with Gasteiger partial charge in [0.1, 0.15) is 82.1 Å². The Bertz CT molecular complexity index is 7480. The number of rotatable bonds is 2. The molecule has 20 aromatic rings. The molecule has 7 aromatic carbocycles. The molecule has 32 rings (SSSR count). The molecule has 109 heavy (non-hydrogen) atoms. The number of benzene rings is 7. The molecule has 0 saturated heterocycles. The van der Waals surface area contributed by atoms with Crippen LogP contribution in [-0.4, -0.2) is 42.3 Å². The van der Waals surface area contributed by atoms with Gasteiger partial charge in [0.25, 0.3) is 0 Å². The van der Waals surface area contributed by atoms with Crippen LogP contribution in [0, 0.1) is 6.92 Å². The van der Waals surface area contributed by atoms with Crippen molar-refractivity contribution in [2.45, 2.75) is 85.8 Å². The fourth-order valence-corrected chi connectivity index (χ4v) is 21.0. The van der Waals surface area contributed by atoms with Gasteiger partial charge in [-0.25, -0.2) is 14.5 Å². The van der Waals surface area contributed by atoms with Crippen LogP contribution >= 0.6 is 0 Å². The lowest BCUT2D eigenvalue weighted by Crippen LogP contribution is -2.45. The molecule has 12 aliphatic heterocycles. The van der Waals surface area contributed by atoms with Gasteiger partial charge in [-0.2, -0.15) is 18.7 Å². The molecule has 12 aliphatic rings. The summed E-state index contributed by atoms with van der Waals surface area (Å²) in [6.45, 7) is 13.4. The van der Waals surface area contributed by atoms with Crippen molar-refractivity contribution < 1.29 is 55.0 Å². The number of imidazole rings is 3. The molecule has 0 bridgehead atoms. The summed E-state index contributed by atoms with van der Waals surface area (Å²) in [5.74, 6) is 7.41. The van der Waals surface area contributed by atoms with Crippen LogP contribution in [-0.2, 0) is 78.9 Å². The van der Waals surface area contributed by atoms with Gasteiger partial charge in [-0.05, 0) is 58.8 Å². The first-order valence-corrected chi connectivity index (χ1v) is 37.9. The highest BCUT2D eigenvalue weighted by Crippen LogP contribution is 2.41. The molecule has 0 radical (unpaired) electrons. The maximum absolute atomic E-state index is 4.85. The third-order valence-corrected chi connectivity index (χ3v) is 25.2. The van der Waals surface area contributed by atoms with E-state index in [9.17, 15) is 0 Å². The van der Waals surface area contributed by atoms with Gasteiger partial charge in [0.2, 0.25) is 53.6 Å². The van der Waals surface area contributed by atoms with Crippen LogP contribution in [0.15, 0.2) is 244 Å². The van der Waals surface area contributed by atoms with Crippen molar-refractivity contribution in [3.8, 4) is 57.3 Å². The number of fused-ring (bicyclic) bond motifs is 3. The molecule has 21 nitrogen and oxygen atoms in total. The molecule has 0 atom stereocenters. The Morgan fingerprint density at radius 1 is 0.358 bits per heavy atom. The van der Waals surface area contributed by atoms with Crippen LogP contribution in [0.4, 0.5) is 0 Å². The van der Waals surface area contributed by atoms with E-state index in [1.807, 2.05) is 12.3 Å². The first-order valence-electron chi connectivity index (χ1n) is 37.9.